The molecule has 1 saturated heterocycles. The summed E-state index contributed by atoms with van der Waals surface area (Å²) in [4.78, 5) is 46.9. The zero-order valence-electron chi connectivity index (χ0n) is 22.9. The first-order chi connectivity index (χ1) is 20.0. The van der Waals surface area contributed by atoms with Crippen LogP contribution in [0.3, 0.4) is 0 Å². The van der Waals surface area contributed by atoms with Gasteiger partial charge in [-0.05, 0) is 49.9 Å². The standard InChI is InChI=1S/C29H31N9O3/c1-34-13-15-35(16-14-34)21-8-6-20(7-9-21)31-29-30-19-22-26(33-29)38-24-11-10-23-27(32-24)36(17-18-41-23)25(39)5-3-2-4-12-37(38)28(22)40/h2,4,6-11,19H,3,5,12-18H2,1H3,(H,30,31,33)/b4-2-. The van der Waals surface area contributed by atoms with Crippen molar-refractivity contribution in [3.05, 3.63) is 65.1 Å². The molecule has 0 aliphatic carbocycles. The van der Waals surface area contributed by atoms with Crippen LogP contribution < -0.4 is 25.4 Å². The molecule has 0 saturated carbocycles. The van der Waals surface area contributed by atoms with Crippen molar-refractivity contribution in [3.8, 4) is 11.6 Å². The molecule has 1 fully saturated rings. The number of benzene rings is 1. The van der Waals surface area contributed by atoms with Crippen molar-refractivity contribution in [3.63, 3.8) is 0 Å². The van der Waals surface area contributed by atoms with Gasteiger partial charge in [-0.25, -0.2) is 19.3 Å². The highest BCUT2D eigenvalue weighted by Crippen LogP contribution is 2.32. The summed E-state index contributed by atoms with van der Waals surface area (Å²) < 4.78 is 9.08. The van der Waals surface area contributed by atoms with Crippen LogP contribution in [0.5, 0.6) is 5.75 Å². The van der Waals surface area contributed by atoms with E-state index in [0.29, 0.717) is 66.9 Å². The van der Waals surface area contributed by atoms with E-state index in [-0.39, 0.29) is 11.5 Å². The van der Waals surface area contributed by atoms with Gasteiger partial charge in [-0.15, -0.1) is 0 Å². The van der Waals surface area contributed by atoms with Crippen molar-refractivity contribution in [2.75, 3.05) is 61.5 Å². The Morgan fingerprint density at radius 1 is 0.927 bits per heavy atom. The highest BCUT2D eigenvalue weighted by atomic mass is 16.5. The molecule has 0 spiro atoms. The minimum atomic E-state index is -0.214. The summed E-state index contributed by atoms with van der Waals surface area (Å²) in [7, 11) is 2.15. The zero-order chi connectivity index (χ0) is 27.9. The Morgan fingerprint density at radius 3 is 2.59 bits per heavy atom. The molecule has 12 nitrogen and oxygen atoms in total. The minimum Gasteiger partial charge on any atom is -0.488 e. The number of nitrogens with zero attached hydrogens (tertiary/aromatic N) is 8. The quantitative estimate of drug-likeness (QED) is 0.383. The summed E-state index contributed by atoms with van der Waals surface area (Å²) in [6, 6.07) is 11.8. The number of hydrogen-bond acceptors (Lipinski definition) is 9. The van der Waals surface area contributed by atoms with Crippen molar-refractivity contribution in [2.24, 2.45) is 0 Å². The molecule has 12 heteroatoms. The van der Waals surface area contributed by atoms with Crippen LogP contribution >= 0.6 is 0 Å². The van der Waals surface area contributed by atoms with Gasteiger partial charge in [0.05, 0.1) is 13.1 Å². The van der Waals surface area contributed by atoms with Gasteiger partial charge in [-0.2, -0.15) is 4.98 Å². The Balaban J connectivity index is 1.26. The van der Waals surface area contributed by atoms with Crippen LogP contribution in [0.2, 0.25) is 0 Å². The largest absolute Gasteiger partial charge is 0.488 e. The number of amides is 1. The molecule has 0 radical (unpaired) electrons. The second-order valence-corrected chi connectivity index (χ2v) is 10.5. The van der Waals surface area contributed by atoms with Crippen LogP contribution in [0.25, 0.3) is 16.9 Å². The Morgan fingerprint density at radius 2 is 1.76 bits per heavy atom. The smallest absolute Gasteiger partial charge is 0.278 e. The minimum absolute atomic E-state index is 0.00775. The first kappa shape index (κ1) is 25.3. The molecule has 3 aliphatic heterocycles. The van der Waals surface area contributed by atoms with Gasteiger partial charge in [-0.3, -0.25) is 14.5 Å². The summed E-state index contributed by atoms with van der Waals surface area (Å²) in [5, 5.41) is 3.67. The summed E-state index contributed by atoms with van der Waals surface area (Å²) in [5.74, 6) is 1.83. The van der Waals surface area contributed by atoms with E-state index in [4.69, 9.17) is 14.7 Å². The number of hydrogen-bond donors (Lipinski definition) is 1. The predicted octanol–water partition coefficient (Wildman–Crippen LogP) is 2.55. The van der Waals surface area contributed by atoms with E-state index in [1.54, 1.807) is 32.6 Å². The monoisotopic (exact) mass is 553 g/mol. The molecule has 6 heterocycles. The van der Waals surface area contributed by atoms with E-state index < -0.39 is 0 Å². The maximum absolute atomic E-state index is 13.5. The predicted molar refractivity (Wildman–Crippen MR) is 157 cm³/mol. The molecule has 2 bridgehead atoms. The van der Waals surface area contributed by atoms with E-state index in [1.807, 2.05) is 24.3 Å². The van der Waals surface area contributed by atoms with Gasteiger partial charge in [0.1, 0.15) is 12.0 Å². The van der Waals surface area contributed by atoms with Gasteiger partial charge < -0.3 is 19.9 Å². The van der Waals surface area contributed by atoms with Crippen LogP contribution in [-0.2, 0) is 11.3 Å². The number of likely N-dealkylation sites (N-methyl/N-ethyl adjacent to an activating group) is 1. The number of anilines is 4. The number of allylic oxidation sites excluding steroid dienone is 2. The van der Waals surface area contributed by atoms with Crippen LogP contribution in [0, 0.1) is 0 Å². The zero-order valence-corrected chi connectivity index (χ0v) is 22.9. The summed E-state index contributed by atoms with van der Waals surface area (Å²) >= 11 is 0. The van der Waals surface area contributed by atoms with Crippen molar-refractivity contribution >= 4 is 40.1 Å². The third-order valence-electron chi connectivity index (χ3n) is 7.81. The molecule has 1 N–H and O–H groups in total. The van der Waals surface area contributed by atoms with E-state index in [9.17, 15) is 9.59 Å². The van der Waals surface area contributed by atoms with Crippen LogP contribution in [0.15, 0.2) is 59.5 Å². The van der Waals surface area contributed by atoms with Crippen molar-refractivity contribution in [2.45, 2.75) is 19.4 Å². The third-order valence-corrected chi connectivity index (χ3v) is 7.81. The first-order valence-electron chi connectivity index (χ1n) is 13.9. The van der Waals surface area contributed by atoms with Gasteiger partial charge in [-0.1, -0.05) is 12.2 Å². The highest BCUT2D eigenvalue weighted by Gasteiger charge is 2.27. The molecule has 41 heavy (non-hydrogen) atoms. The van der Waals surface area contributed by atoms with Crippen LogP contribution in [0.1, 0.15) is 12.8 Å². The van der Waals surface area contributed by atoms with Crippen molar-refractivity contribution in [1.29, 1.82) is 0 Å². The molecular weight excluding hydrogens is 522 g/mol. The van der Waals surface area contributed by atoms with E-state index in [0.717, 1.165) is 31.9 Å². The molecule has 0 unspecified atom stereocenters. The summed E-state index contributed by atoms with van der Waals surface area (Å²) in [5.41, 5.74) is 2.24. The topological polar surface area (TPSA) is 114 Å². The second kappa shape index (κ2) is 10.4. The number of nitrogens with one attached hydrogen (secondary N) is 1. The van der Waals surface area contributed by atoms with Gasteiger partial charge >= 0.3 is 0 Å². The van der Waals surface area contributed by atoms with Crippen molar-refractivity contribution in [1.82, 2.24) is 29.2 Å². The maximum Gasteiger partial charge on any atom is 0.278 e. The van der Waals surface area contributed by atoms with Gasteiger partial charge in [0.2, 0.25) is 11.9 Å². The van der Waals surface area contributed by atoms with E-state index >= 15 is 0 Å². The Hall–Kier alpha value is -4.71. The van der Waals surface area contributed by atoms with Gasteiger partial charge in [0.15, 0.2) is 23.0 Å². The Labute approximate surface area is 236 Å². The average molecular weight is 554 g/mol. The average Bonchev–Trinajstić information content (AvgIpc) is 3.27. The number of aromatic nitrogens is 5. The third kappa shape index (κ3) is 4.69. The van der Waals surface area contributed by atoms with E-state index in [1.165, 1.54) is 5.69 Å². The summed E-state index contributed by atoms with van der Waals surface area (Å²) in [6.07, 6.45) is 6.31. The molecule has 3 aromatic heterocycles. The molecule has 0 atom stereocenters. The molecule has 4 aromatic rings. The number of rotatable bonds is 3. The lowest BCUT2D eigenvalue weighted by atomic mass is 10.2. The first-order valence-corrected chi connectivity index (χ1v) is 13.9. The fourth-order valence-electron chi connectivity index (χ4n) is 5.51. The van der Waals surface area contributed by atoms with E-state index in [2.05, 4.69) is 39.3 Å². The molecular formula is C29H31N9O3. The number of fused-ring (bicyclic) bond motifs is 5. The Bertz CT molecular complexity index is 1700. The number of carbonyl (C=O) groups is 1. The SMILES string of the molecule is CN1CCN(c2ccc(Nc3ncc4c(=O)n5n(c4n3)-c3ccc4c(n3)N(CCO4)C(=O)CC/C=C\C5)cc2)CC1. The lowest BCUT2D eigenvalue weighted by Gasteiger charge is -2.34. The highest BCUT2D eigenvalue weighted by molar-refractivity contribution is 5.94. The van der Waals surface area contributed by atoms with Crippen LogP contribution in [0.4, 0.5) is 23.1 Å². The van der Waals surface area contributed by atoms with Gasteiger partial charge in [0.25, 0.3) is 5.56 Å². The van der Waals surface area contributed by atoms with Gasteiger partial charge in [0, 0.05) is 50.2 Å². The fourth-order valence-corrected chi connectivity index (χ4v) is 5.51. The molecule has 1 aromatic carbocycles. The Kier molecular flexibility index (Phi) is 6.38. The van der Waals surface area contributed by atoms with Crippen molar-refractivity contribution < 1.29 is 9.53 Å². The maximum atomic E-state index is 13.5. The number of pyridine rings is 1. The molecule has 3 aliphatic rings. The normalized spacial score (nSPS) is 18.3. The molecule has 7 rings (SSSR count). The number of piperazine rings is 1. The molecule has 1 amide bonds. The van der Waals surface area contributed by atoms with Crippen LogP contribution in [-0.4, -0.2) is 81.5 Å². The lowest BCUT2D eigenvalue weighted by molar-refractivity contribution is -0.118. The number of carbonyl (C=O) groups excluding carboxylic acids is 1. The second-order valence-electron chi connectivity index (χ2n) is 10.5. The fraction of sp³-hybridized carbons (Fsp3) is 0.345. The number of ether oxygens (including phenoxy) is 1. The summed E-state index contributed by atoms with van der Waals surface area (Å²) in [6.45, 7) is 5.24. The molecule has 210 valence electrons. The lowest BCUT2D eigenvalue weighted by Crippen LogP contribution is -2.44.